The molecular weight excluding hydrogens is 299 g/mol. The predicted molar refractivity (Wildman–Crippen MR) is 83.3 cm³/mol. The summed E-state index contributed by atoms with van der Waals surface area (Å²) in [5.74, 6) is 0. The minimum Gasteiger partial charge on any atom is -0.376 e. The number of hydrogen-bond donors (Lipinski definition) is 1. The van der Waals surface area contributed by atoms with Gasteiger partial charge in [-0.05, 0) is 27.2 Å². The first kappa shape index (κ1) is 22.5. The second kappa shape index (κ2) is 19.2. The van der Waals surface area contributed by atoms with Gasteiger partial charge in [0, 0.05) is 19.8 Å². The second-order valence-electron chi connectivity index (χ2n) is 3.83. The third kappa shape index (κ3) is 20.6. The SMILES string of the molecule is CCCCCCO[PH](=O)O.CCO[SiH](OCC)OCC. The van der Waals surface area contributed by atoms with Gasteiger partial charge in [0.2, 0.25) is 0 Å². The zero-order chi connectivity index (χ0) is 15.6. The van der Waals surface area contributed by atoms with Crippen LogP contribution in [0.15, 0.2) is 0 Å². The summed E-state index contributed by atoms with van der Waals surface area (Å²) in [6.45, 7) is 10.4. The molecule has 1 atom stereocenters. The molecule has 0 radical (unpaired) electrons. The maximum absolute atomic E-state index is 9.99. The smallest absolute Gasteiger partial charge is 0.376 e. The van der Waals surface area contributed by atoms with E-state index in [9.17, 15) is 4.57 Å². The number of rotatable bonds is 12. The fourth-order valence-electron chi connectivity index (χ4n) is 1.24. The molecule has 0 bridgehead atoms. The minimum absolute atomic E-state index is 0.425. The molecule has 6 nitrogen and oxygen atoms in total. The summed E-state index contributed by atoms with van der Waals surface area (Å²) in [6, 6.07) is 0. The van der Waals surface area contributed by atoms with Gasteiger partial charge in [-0.3, -0.25) is 4.57 Å². The van der Waals surface area contributed by atoms with Gasteiger partial charge in [-0.2, -0.15) is 0 Å². The van der Waals surface area contributed by atoms with Gasteiger partial charge in [0.1, 0.15) is 0 Å². The summed E-state index contributed by atoms with van der Waals surface area (Å²) in [5, 5.41) is 0. The lowest BCUT2D eigenvalue weighted by Gasteiger charge is -2.12. The van der Waals surface area contributed by atoms with Gasteiger partial charge in [-0.25, -0.2) is 0 Å². The van der Waals surface area contributed by atoms with Gasteiger partial charge in [0.15, 0.2) is 0 Å². The quantitative estimate of drug-likeness (QED) is 0.337. The maximum Gasteiger partial charge on any atom is 0.484 e. The van der Waals surface area contributed by atoms with E-state index in [2.05, 4.69) is 11.4 Å². The molecule has 0 aromatic carbocycles. The van der Waals surface area contributed by atoms with Gasteiger partial charge >= 0.3 is 17.8 Å². The summed E-state index contributed by atoms with van der Waals surface area (Å²) >= 11 is 0. The molecule has 8 heteroatoms. The van der Waals surface area contributed by atoms with Crippen molar-refractivity contribution in [2.75, 3.05) is 26.4 Å². The molecule has 0 heterocycles. The van der Waals surface area contributed by atoms with Crippen molar-refractivity contribution in [2.45, 2.75) is 53.4 Å². The molecule has 0 fully saturated rings. The zero-order valence-corrected chi connectivity index (χ0v) is 15.4. The maximum atomic E-state index is 9.99. The molecule has 0 aliphatic heterocycles. The molecule has 0 spiro atoms. The van der Waals surface area contributed by atoms with E-state index < -0.39 is 17.8 Å². The van der Waals surface area contributed by atoms with Gasteiger partial charge in [0.25, 0.3) is 0 Å². The van der Waals surface area contributed by atoms with Crippen LogP contribution in [0.1, 0.15) is 53.4 Å². The molecule has 0 amide bonds. The van der Waals surface area contributed by atoms with E-state index in [1.54, 1.807) is 0 Å². The first-order valence-electron chi connectivity index (χ1n) is 7.32. The Morgan fingerprint density at radius 3 is 1.75 bits per heavy atom. The summed E-state index contributed by atoms with van der Waals surface area (Å²) in [5.41, 5.74) is 0. The van der Waals surface area contributed by atoms with E-state index in [0.717, 1.165) is 12.8 Å². The van der Waals surface area contributed by atoms with Crippen molar-refractivity contribution in [2.24, 2.45) is 0 Å². The van der Waals surface area contributed by atoms with Crippen LogP contribution in [0, 0.1) is 0 Å². The molecule has 0 aliphatic carbocycles. The Bertz CT molecular complexity index is 194. The van der Waals surface area contributed by atoms with E-state index in [-0.39, 0.29) is 0 Å². The lowest BCUT2D eigenvalue weighted by atomic mass is 10.2. The zero-order valence-electron chi connectivity index (χ0n) is 13.2. The highest BCUT2D eigenvalue weighted by molar-refractivity contribution is 7.32. The third-order valence-corrected chi connectivity index (χ3v) is 4.40. The summed E-state index contributed by atoms with van der Waals surface area (Å²) in [7, 11) is -4.41. The molecule has 0 saturated heterocycles. The van der Waals surface area contributed by atoms with Crippen molar-refractivity contribution < 1.29 is 27.3 Å². The Morgan fingerprint density at radius 2 is 1.40 bits per heavy atom. The fourth-order valence-corrected chi connectivity index (χ4v) is 2.67. The minimum atomic E-state index is -2.67. The average molecular weight is 330 g/mol. The fraction of sp³-hybridized carbons (Fsp3) is 1.00. The Hall–Kier alpha value is 0.247. The van der Waals surface area contributed by atoms with Crippen molar-refractivity contribution in [1.82, 2.24) is 0 Å². The first-order valence-corrected chi connectivity index (χ1v) is 10.0. The molecule has 1 unspecified atom stereocenters. The van der Waals surface area contributed by atoms with Crippen LogP contribution in [-0.2, 0) is 22.4 Å². The van der Waals surface area contributed by atoms with Gasteiger partial charge in [-0.15, -0.1) is 0 Å². The van der Waals surface area contributed by atoms with Crippen LogP contribution in [-0.4, -0.2) is 40.8 Å². The van der Waals surface area contributed by atoms with Crippen molar-refractivity contribution >= 4 is 17.8 Å². The van der Waals surface area contributed by atoms with Crippen LogP contribution >= 0.6 is 8.25 Å². The predicted octanol–water partition coefficient (Wildman–Crippen LogP) is 2.78. The highest BCUT2D eigenvalue weighted by Gasteiger charge is 2.11. The van der Waals surface area contributed by atoms with Crippen molar-refractivity contribution in [3.8, 4) is 0 Å². The Balaban J connectivity index is 0. The molecule has 20 heavy (non-hydrogen) atoms. The van der Waals surface area contributed by atoms with E-state index >= 15 is 0 Å². The van der Waals surface area contributed by atoms with Crippen LogP contribution in [0.5, 0.6) is 0 Å². The highest BCUT2D eigenvalue weighted by Crippen LogP contribution is 2.15. The van der Waals surface area contributed by atoms with Crippen LogP contribution in [0.25, 0.3) is 0 Å². The Morgan fingerprint density at radius 1 is 0.900 bits per heavy atom. The Labute approximate surface area is 125 Å². The van der Waals surface area contributed by atoms with Crippen LogP contribution < -0.4 is 0 Å². The van der Waals surface area contributed by atoms with Gasteiger partial charge < -0.3 is 22.7 Å². The largest absolute Gasteiger partial charge is 0.484 e. The van der Waals surface area contributed by atoms with Crippen LogP contribution in [0.3, 0.4) is 0 Å². The summed E-state index contributed by atoms with van der Waals surface area (Å²) in [6.07, 6.45) is 4.33. The molecule has 0 aromatic heterocycles. The van der Waals surface area contributed by atoms with E-state index in [1.165, 1.54) is 12.8 Å². The standard InChI is InChI=1S/C6H15O3P.C6H16O3Si/c1-2-3-4-5-6-9-10(7)8;1-4-7-10(8-5-2)9-6-3/h10H,2-6H2,1H3,(H,7,8);10H,4-6H2,1-3H3. The molecule has 0 aliphatic rings. The highest BCUT2D eigenvalue weighted by atomic mass is 31.1. The van der Waals surface area contributed by atoms with Crippen LogP contribution in [0.4, 0.5) is 0 Å². The molecule has 0 rings (SSSR count). The van der Waals surface area contributed by atoms with Gasteiger partial charge in [0.05, 0.1) is 6.61 Å². The Kier molecular flexibility index (Phi) is 21.7. The first-order chi connectivity index (χ1) is 9.62. The number of hydrogen-bond acceptors (Lipinski definition) is 5. The molecule has 0 aromatic rings. The second-order valence-corrected chi connectivity index (χ2v) is 6.23. The van der Waals surface area contributed by atoms with E-state index in [0.29, 0.717) is 26.4 Å². The molecule has 0 saturated carbocycles. The number of unbranched alkanes of at least 4 members (excludes halogenated alkanes) is 3. The molecular formula is C12H31O6PSi. The summed E-state index contributed by atoms with van der Waals surface area (Å²) in [4.78, 5) is 8.23. The third-order valence-electron chi connectivity index (χ3n) is 2.13. The average Bonchev–Trinajstić information content (AvgIpc) is 2.40. The topological polar surface area (TPSA) is 74.2 Å². The summed E-state index contributed by atoms with van der Waals surface area (Å²) < 4.78 is 30.1. The van der Waals surface area contributed by atoms with Crippen molar-refractivity contribution in [1.29, 1.82) is 0 Å². The van der Waals surface area contributed by atoms with E-state index in [1.807, 2.05) is 20.8 Å². The normalized spacial score (nSPS) is 12.1. The van der Waals surface area contributed by atoms with Crippen molar-refractivity contribution in [3.63, 3.8) is 0 Å². The lowest BCUT2D eigenvalue weighted by molar-refractivity contribution is 0.107. The van der Waals surface area contributed by atoms with E-state index in [4.69, 9.17) is 18.2 Å². The van der Waals surface area contributed by atoms with Crippen molar-refractivity contribution in [3.05, 3.63) is 0 Å². The lowest BCUT2D eigenvalue weighted by Crippen LogP contribution is -2.27. The monoisotopic (exact) mass is 330 g/mol. The van der Waals surface area contributed by atoms with Gasteiger partial charge in [-0.1, -0.05) is 26.2 Å². The molecule has 124 valence electrons. The van der Waals surface area contributed by atoms with Crippen LogP contribution in [0.2, 0.25) is 0 Å². The molecule has 1 N–H and O–H groups in total.